The monoisotopic (exact) mass is 349 g/mol. The smallest absolute Gasteiger partial charge is 0.183 e. The van der Waals surface area contributed by atoms with Crippen LogP contribution in [0.3, 0.4) is 0 Å². The van der Waals surface area contributed by atoms with Crippen molar-refractivity contribution in [3.63, 3.8) is 0 Å². The van der Waals surface area contributed by atoms with Crippen LogP contribution in [0.5, 0.6) is 0 Å². The van der Waals surface area contributed by atoms with E-state index in [1.54, 1.807) is 6.07 Å². The third-order valence-electron chi connectivity index (χ3n) is 2.73. The van der Waals surface area contributed by atoms with Gasteiger partial charge >= 0.3 is 0 Å². The summed E-state index contributed by atoms with van der Waals surface area (Å²) in [6.07, 6.45) is -0.455. The zero-order valence-electron chi connectivity index (χ0n) is 8.24. The minimum Gasteiger partial charge on any atom is -0.450 e. The van der Waals surface area contributed by atoms with Gasteiger partial charge in [0, 0.05) is 6.61 Å². The second-order valence-corrected chi connectivity index (χ2v) is 5.32. The molecule has 1 aliphatic heterocycles. The molecule has 2 unspecified atom stereocenters. The highest BCUT2D eigenvalue weighted by atomic mass is 79.9. The summed E-state index contributed by atoms with van der Waals surface area (Å²) >= 11 is 6.46. The molecule has 1 fully saturated rings. The Morgan fingerprint density at radius 2 is 2.31 bits per heavy atom. The number of nitriles is 1. The van der Waals surface area contributed by atoms with E-state index in [1.807, 2.05) is 0 Å². The minimum absolute atomic E-state index is 0.237. The maximum Gasteiger partial charge on any atom is 0.183 e. The summed E-state index contributed by atoms with van der Waals surface area (Å²) in [4.78, 5) is 0. The molecule has 16 heavy (non-hydrogen) atoms. The maximum atomic E-state index is 10.2. The van der Waals surface area contributed by atoms with Crippen molar-refractivity contribution < 1.29 is 14.3 Å². The lowest BCUT2D eigenvalue weighted by Crippen LogP contribution is -2.27. The predicted molar refractivity (Wildman–Crippen MR) is 62.5 cm³/mol. The Balaban J connectivity index is 2.30. The van der Waals surface area contributed by atoms with E-state index in [0.717, 1.165) is 0 Å². The zero-order chi connectivity index (χ0) is 11.8. The molecule has 0 aromatic carbocycles. The van der Waals surface area contributed by atoms with Crippen molar-refractivity contribution in [1.29, 1.82) is 5.26 Å². The van der Waals surface area contributed by atoms with Crippen molar-refractivity contribution in [2.24, 2.45) is 5.41 Å². The Morgan fingerprint density at radius 1 is 1.56 bits per heavy atom. The summed E-state index contributed by atoms with van der Waals surface area (Å²) in [6, 6.07) is 3.80. The lowest BCUT2D eigenvalue weighted by atomic mass is 9.82. The topological polar surface area (TPSA) is 66.4 Å². The Bertz CT molecular complexity index is 412. The summed E-state index contributed by atoms with van der Waals surface area (Å²) in [5, 5.41) is 19.3. The van der Waals surface area contributed by atoms with Crippen LogP contribution >= 0.6 is 31.9 Å². The van der Waals surface area contributed by atoms with Gasteiger partial charge in [0.15, 0.2) is 4.67 Å². The van der Waals surface area contributed by atoms with E-state index in [9.17, 15) is 5.11 Å². The summed E-state index contributed by atoms with van der Waals surface area (Å²) < 4.78 is 11.7. The van der Waals surface area contributed by atoms with Crippen LogP contribution in [0.1, 0.15) is 18.3 Å². The molecule has 2 atom stereocenters. The highest BCUT2D eigenvalue weighted by Gasteiger charge is 2.44. The lowest BCUT2D eigenvalue weighted by Gasteiger charge is -2.23. The molecule has 2 heterocycles. The summed E-state index contributed by atoms with van der Waals surface area (Å²) in [5.74, 6) is 0.366. The fraction of sp³-hybridized carbons (Fsp3) is 0.500. The van der Waals surface area contributed by atoms with Crippen LogP contribution in [0.15, 0.2) is 19.6 Å². The summed E-state index contributed by atoms with van der Waals surface area (Å²) in [6.45, 7) is 0.730. The Kier molecular flexibility index (Phi) is 3.40. The molecule has 0 aliphatic carbocycles. The van der Waals surface area contributed by atoms with Gasteiger partial charge in [-0.25, -0.2) is 0 Å². The van der Waals surface area contributed by atoms with Crippen molar-refractivity contribution in [2.75, 3.05) is 13.2 Å². The molecule has 1 aromatic rings. The van der Waals surface area contributed by atoms with Gasteiger partial charge in [-0.05, 0) is 44.3 Å². The molecule has 4 nitrogen and oxygen atoms in total. The van der Waals surface area contributed by atoms with Crippen molar-refractivity contribution in [2.45, 2.75) is 12.5 Å². The van der Waals surface area contributed by atoms with E-state index in [0.29, 0.717) is 27.9 Å². The van der Waals surface area contributed by atoms with Gasteiger partial charge in [0.25, 0.3) is 0 Å². The number of rotatable bonds is 2. The highest BCUT2D eigenvalue weighted by molar-refractivity contribution is 9.13. The first kappa shape index (κ1) is 12.1. The molecule has 1 N–H and O–H groups in total. The van der Waals surface area contributed by atoms with Crippen LogP contribution in [0, 0.1) is 16.7 Å². The quantitative estimate of drug-likeness (QED) is 0.890. The molecule has 1 aromatic heterocycles. The van der Waals surface area contributed by atoms with Crippen molar-refractivity contribution in [3.8, 4) is 6.07 Å². The third-order valence-corrected chi connectivity index (χ3v) is 4.44. The first-order valence-electron chi connectivity index (χ1n) is 4.71. The molecule has 0 radical (unpaired) electrons. The first-order valence-corrected chi connectivity index (χ1v) is 6.29. The predicted octanol–water partition coefficient (Wildman–Crippen LogP) is 2.77. The van der Waals surface area contributed by atoms with E-state index in [4.69, 9.17) is 14.4 Å². The van der Waals surface area contributed by atoms with Gasteiger partial charge in [-0.15, -0.1) is 0 Å². The van der Waals surface area contributed by atoms with Gasteiger partial charge in [0.1, 0.15) is 17.3 Å². The van der Waals surface area contributed by atoms with Gasteiger partial charge in [-0.3, -0.25) is 0 Å². The summed E-state index contributed by atoms with van der Waals surface area (Å²) in [5.41, 5.74) is -0.892. The number of hydrogen-bond donors (Lipinski definition) is 1. The third kappa shape index (κ3) is 1.93. The fourth-order valence-corrected chi connectivity index (χ4v) is 2.32. The fourth-order valence-electron chi connectivity index (χ4n) is 1.72. The van der Waals surface area contributed by atoms with Gasteiger partial charge in [-0.2, -0.15) is 5.26 Å². The number of ether oxygens (including phenoxy) is 1. The van der Waals surface area contributed by atoms with Crippen LogP contribution < -0.4 is 0 Å². The standard InChI is InChI=1S/C10H9Br2NO3/c11-6-3-7(16-9(6)12)8(14)10(4-13)1-2-15-5-10/h3,8,14H,1-2,5H2. The number of hydrogen-bond acceptors (Lipinski definition) is 4. The van der Waals surface area contributed by atoms with E-state index in [1.165, 1.54) is 0 Å². The number of furan rings is 1. The summed E-state index contributed by atoms with van der Waals surface area (Å²) in [7, 11) is 0. The molecule has 2 rings (SSSR count). The van der Waals surface area contributed by atoms with Gasteiger partial charge in [-0.1, -0.05) is 0 Å². The minimum atomic E-state index is -0.970. The highest BCUT2D eigenvalue weighted by Crippen LogP contribution is 2.42. The molecule has 1 aliphatic rings. The van der Waals surface area contributed by atoms with Crippen LogP contribution in [0.4, 0.5) is 0 Å². The normalized spacial score (nSPS) is 26.6. The van der Waals surface area contributed by atoms with Crippen LogP contribution in [-0.2, 0) is 4.74 Å². The van der Waals surface area contributed by atoms with Crippen molar-refractivity contribution in [1.82, 2.24) is 0 Å². The number of nitrogens with zero attached hydrogens (tertiary/aromatic N) is 1. The molecule has 0 bridgehead atoms. The number of aliphatic hydroxyl groups is 1. The van der Waals surface area contributed by atoms with Gasteiger partial charge in [0.05, 0.1) is 17.1 Å². The molecule has 0 saturated carbocycles. The van der Waals surface area contributed by atoms with Crippen LogP contribution in [-0.4, -0.2) is 18.3 Å². The Hall–Kier alpha value is -0.350. The van der Waals surface area contributed by atoms with Crippen LogP contribution in [0.2, 0.25) is 0 Å². The second kappa shape index (κ2) is 4.49. The maximum absolute atomic E-state index is 10.2. The molecule has 6 heteroatoms. The Labute approximate surface area is 109 Å². The molecular weight excluding hydrogens is 342 g/mol. The number of halogens is 2. The number of aliphatic hydroxyl groups excluding tert-OH is 1. The van der Waals surface area contributed by atoms with E-state index < -0.39 is 11.5 Å². The largest absolute Gasteiger partial charge is 0.450 e. The zero-order valence-corrected chi connectivity index (χ0v) is 11.4. The second-order valence-electron chi connectivity index (χ2n) is 3.74. The average molecular weight is 351 g/mol. The lowest BCUT2D eigenvalue weighted by molar-refractivity contribution is 0.0337. The first-order chi connectivity index (χ1) is 7.59. The average Bonchev–Trinajstić information content (AvgIpc) is 2.87. The Morgan fingerprint density at radius 3 is 2.75 bits per heavy atom. The van der Waals surface area contributed by atoms with Crippen molar-refractivity contribution in [3.05, 3.63) is 21.0 Å². The van der Waals surface area contributed by atoms with Gasteiger partial charge in [0.2, 0.25) is 0 Å². The molecule has 1 saturated heterocycles. The van der Waals surface area contributed by atoms with Crippen molar-refractivity contribution >= 4 is 31.9 Å². The van der Waals surface area contributed by atoms with E-state index in [2.05, 4.69) is 37.9 Å². The van der Waals surface area contributed by atoms with Gasteiger partial charge < -0.3 is 14.3 Å². The molecule has 0 amide bonds. The van der Waals surface area contributed by atoms with E-state index in [-0.39, 0.29) is 6.61 Å². The molecule has 0 spiro atoms. The van der Waals surface area contributed by atoms with E-state index >= 15 is 0 Å². The molecular formula is C10H9Br2NO3. The van der Waals surface area contributed by atoms with Crippen LogP contribution in [0.25, 0.3) is 0 Å². The molecule has 86 valence electrons. The SMILES string of the molecule is N#CC1(C(O)c2cc(Br)c(Br)o2)CCOC1.